The van der Waals surface area contributed by atoms with Crippen molar-refractivity contribution in [2.24, 2.45) is 0 Å². The van der Waals surface area contributed by atoms with Crippen LogP contribution in [0.4, 0.5) is 0 Å². The molecule has 0 bridgehead atoms. The third kappa shape index (κ3) is 1.45. The van der Waals surface area contributed by atoms with Crippen LogP contribution in [0.2, 0.25) is 0 Å². The van der Waals surface area contributed by atoms with Crippen LogP contribution in [0.3, 0.4) is 0 Å². The van der Waals surface area contributed by atoms with Crippen LogP contribution in [0.5, 0.6) is 0 Å². The number of rotatable bonds is 0. The average molecular weight is 103 g/mol. The Kier molecular flexibility index (Phi) is 0.995. The summed E-state index contributed by atoms with van der Waals surface area (Å²) in [6.07, 6.45) is -0.455. The number of β-amino-alcohol motifs (C(OH)–C–C–N with tert-alkyl or cyclic N) is 1. The average Bonchev–Trinajstić information content (AvgIpc) is 1.80. The Morgan fingerprint density at radius 3 is 3.29 bits per heavy atom. The Hall–Kier alpha value is -0.0800. The van der Waals surface area contributed by atoms with Crippen LogP contribution in [-0.2, 0) is 0 Å². The Morgan fingerprint density at radius 2 is 2.71 bits per heavy atom. The fourth-order valence-electron chi connectivity index (χ4n) is 0.596. The maximum atomic E-state index is 8.93. The highest BCUT2D eigenvalue weighted by Crippen LogP contribution is 1.98. The van der Waals surface area contributed by atoms with E-state index < -0.39 is 19.0 Å². The molecule has 0 spiro atoms. The van der Waals surface area contributed by atoms with Gasteiger partial charge in [-0.2, -0.15) is 0 Å². The number of nitrogens with one attached hydrogen (secondary N) is 1. The summed E-state index contributed by atoms with van der Waals surface area (Å²) in [6.45, 7) is -0.0443. The molecule has 2 N–H and O–H groups in total. The van der Waals surface area contributed by atoms with Gasteiger partial charge < -0.3 is 10.4 Å². The van der Waals surface area contributed by atoms with Gasteiger partial charge in [-0.25, -0.2) is 0 Å². The van der Waals surface area contributed by atoms with E-state index in [1.807, 2.05) is 0 Å². The van der Waals surface area contributed by atoms with Crippen LogP contribution in [0.25, 0.3) is 0 Å². The summed E-state index contributed by atoms with van der Waals surface area (Å²) in [7, 11) is 0. The van der Waals surface area contributed by atoms with Crippen molar-refractivity contribution in [3.8, 4) is 0 Å². The van der Waals surface area contributed by atoms with E-state index in [0.29, 0.717) is 13.0 Å². The Labute approximate surface area is 46.3 Å². The van der Waals surface area contributed by atoms with Gasteiger partial charge in [0.25, 0.3) is 0 Å². The van der Waals surface area contributed by atoms with Gasteiger partial charge in [0, 0.05) is 9.29 Å². The molecule has 2 heteroatoms. The minimum absolute atomic E-state index is 0.422. The predicted octanol–water partition coefficient (Wildman–Crippen LogP) is -0.269. The number of aliphatic hydroxyl groups excluding tert-OH is 1. The molecule has 1 heterocycles. The molecule has 0 aromatic heterocycles. The molecule has 1 aliphatic heterocycles. The fraction of sp³-hybridized carbons (Fsp3) is 1.00. The second-order valence-corrected chi connectivity index (χ2v) is 1.70. The zero-order valence-corrected chi connectivity index (χ0v) is 4.09. The maximum absolute atomic E-state index is 8.93. The lowest BCUT2D eigenvalue weighted by Gasteiger charge is -2.16. The van der Waals surface area contributed by atoms with E-state index in [1.165, 1.54) is 0 Å². The summed E-state index contributed by atoms with van der Waals surface area (Å²) in [6, 6.07) is 0. The van der Waals surface area contributed by atoms with Crippen molar-refractivity contribution in [3.63, 3.8) is 0 Å². The van der Waals surface area contributed by atoms with Gasteiger partial charge in [-0.05, 0) is 19.3 Å². The summed E-state index contributed by atoms with van der Waals surface area (Å²) >= 11 is 0. The van der Waals surface area contributed by atoms with Crippen molar-refractivity contribution in [3.05, 3.63) is 0 Å². The van der Waals surface area contributed by atoms with Crippen LogP contribution in [0, 0.1) is 0 Å². The third-order valence-corrected chi connectivity index (χ3v) is 0.997. The maximum Gasteiger partial charge on any atom is 0.0665 e. The zero-order valence-electron chi connectivity index (χ0n) is 6.09. The molecular formula is C5H11NO. The first kappa shape index (κ1) is 3.05. The van der Waals surface area contributed by atoms with Gasteiger partial charge in [0.05, 0.1) is 6.10 Å². The van der Waals surface area contributed by atoms with Crippen molar-refractivity contribution in [2.45, 2.75) is 18.9 Å². The Bertz CT molecular complexity index is 101. The number of hydrogen-bond acceptors (Lipinski definition) is 2. The Balaban J connectivity index is 2.35. The van der Waals surface area contributed by atoms with Crippen LogP contribution < -0.4 is 5.32 Å². The summed E-state index contributed by atoms with van der Waals surface area (Å²) in [5.41, 5.74) is 0. The quantitative estimate of drug-likeness (QED) is 0.442. The van der Waals surface area contributed by atoms with E-state index >= 15 is 0 Å². The van der Waals surface area contributed by atoms with E-state index in [4.69, 9.17) is 7.85 Å². The summed E-state index contributed by atoms with van der Waals surface area (Å²) in [5, 5.41) is 11.6. The molecule has 0 amide bonds. The second-order valence-electron chi connectivity index (χ2n) is 1.70. The van der Waals surface area contributed by atoms with Gasteiger partial charge in [0.15, 0.2) is 0 Å². The molecule has 1 saturated heterocycles. The van der Waals surface area contributed by atoms with Crippen molar-refractivity contribution in [1.82, 2.24) is 5.32 Å². The number of aliphatic hydroxyl groups is 1. The van der Waals surface area contributed by atoms with Crippen LogP contribution >= 0.6 is 0 Å². The van der Waals surface area contributed by atoms with Crippen molar-refractivity contribution < 1.29 is 7.85 Å². The van der Waals surface area contributed by atoms with Crippen molar-refractivity contribution >= 4 is 0 Å². The van der Waals surface area contributed by atoms with Gasteiger partial charge in [-0.3, -0.25) is 0 Å². The molecule has 1 rings (SSSR count). The highest BCUT2D eigenvalue weighted by atomic mass is 16.3. The number of piperidine rings is 1. The molecule has 0 saturated carbocycles. The molecule has 1 aliphatic rings. The minimum atomic E-state index is -0.506. The molecule has 3 unspecified atom stereocenters. The normalized spacial score (nSPS) is 58.1. The van der Waals surface area contributed by atoms with Gasteiger partial charge >= 0.3 is 0 Å². The molecule has 7 heavy (non-hydrogen) atoms. The van der Waals surface area contributed by atoms with E-state index in [9.17, 15) is 0 Å². The lowest BCUT2D eigenvalue weighted by atomic mass is 10.1. The smallest absolute Gasteiger partial charge is 0.0665 e. The van der Waals surface area contributed by atoms with Crippen LogP contribution in [-0.4, -0.2) is 24.3 Å². The first-order chi connectivity index (χ1) is 4.20. The lowest BCUT2D eigenvalue weighted by Crippen LogP contribution is -2.33. The standard InChI is InChI=1S/C5H11NO/c7-5-2-1-3-6-4-5/h5-7H,1-4H2/i1D,3D. The van der Waals surface area contributed by atoms with Crippen molar-refractivity contribution in [1.29, 1.82) is 0 Å². The third-order valence-electron chi connectivity index (χ3n) is 0.997. The largest absolute Gasteiger partial charge is 0.392 e. The summed E-state index contributed by atoms with van der Waals surface area (Å²) in [4.78, 5) is 0. The SMILES string of the molecule is [2H]C1CC(O)CNC1[2H]. The highest BCUT2D eigenvalue weighted by Gasteiger charge is 2.06. The van der Waals surface area contributed by atoms with E-state index in [1.54, 1.807) is 0 Å². The van der Waals surface area contributed by atoms with Crippen LogP contribution in [0.1, 0.15) is 15.6 Å². The monoisotopic (exact) mass is 103 g/mol. The van der Waals surface area contributed by atoms with Crippen molar-refractivity contribution in [2.75, 3.05) is 13.1 Å². The molecule has 42 valence electrons. The molecule has 3 atom stereocenters. The van der Waals surface area contributed by atoms with E-state index in [-0.39, 0.29) is 0 Å². The first-order valence-electron chi connectivity index (χ1n) is 3.61. The summed E-state index contributed by atoms with van der Waals surface area (Å²) in [5.74, 6) is 0. The van der Waals surface area contributed by atoms with Gasteiger partial charge in [0.2, 0.25) is 0 Å². The molecule has 1 fully saturated rings. The summed E-state index contributed by atoms with van der Waals surface area (Å²) < 4.78 is 14.4. The molecular weight excluding hydrogens is 90.1 g/mol. The van der Waals surface area contributed by atoms with Crippen LogP contribution in [0.15, 0.2) is 0 Å². The van der Waals surface area contributed by atoms with Gasteiger partial charge in [-0.1, -0.05) is 0 Å². The molecule has 0 aromatic rings. The molecule has 0 aliphatic carbocycles. The highest BCUT2D eigenvalue weighted by molar-refractivity contribution is 4.65. The Morgan fingerprint density at radius 1 is 1.86 bits per heavy atom. The second kappa shape index (κ2) is 2.28. The number of hydrogen-bond donors (Lipinski definition) is 2. The van der Waals surface area contributed by atoms with E-state index in [0.717, 1.165) is 0 Å². The van der Waals surface area contributed by atoms with E-state index in [2.05, 4.69) is 5.32 Å². The first-order valence-corrected chi connectivity index (χ1v) is 2.46. The predicted molar refractivity (Wildman–Crippen MR) is 28.1 cm³/mol. The fourth-order valence-corrected chi connectivity index (χ4v) is 0.596. The topological polar surface area (TPSA) is 32.3 Å². The minimum Gasteiger partial charge on any atom is -0.392 e. The molecule has 0 radical (unpaired) electrons. The van der Waals surface area contributed by atoms with Gasteiger partial charge in [-0.15, -0.1) is 0 Å². The van der Waals surface area contributed by atoms with Gasteiger partial charge in [0.1, 0.15) is 0 Å². The molecule has 0 aromatic carbocycles. The lowest BCUT2D eigenvalue weighted by molar-refractivity contribution is 0.142. The molecule has 2 nitrogen and oxygen atoms in total. The zero-order chi connectivity index (χ0) is 6.85.